The predicted octanol–water partition coefficient (Wildman–Crippen LogP) is 2.63. The smallest absolute Gasteiger partial charge is 0.318 e. The second-order valence-electron chi connectivity index (χ2n) is 5.07. The summed E-state index contributed by atoms with van der Waals surface area (Å²) in [7, 11) is 0. The average molecular weight is 280 g/mol. The lowest BCUT2D eigenvalue weighted by Crippen LogP contribution is -2.22. The van der Waals surface area contributed by atoms with E-state index in [2.05, 4.69) is 0 Å². The van der Waals surface area contributed by atoms with Crippen LogP contribution in [0.4, 0.5) is 11.4 Å². The monoisotopic (exact) mass is 280 g/mol. The number of ether oxygens (including phenoxy) is 1. The molecule has 0 amide bonds. The Morgan fingerprint density at radius 2 is 1.80 bits per heavy atom. The molecule has 106 valence electrons. The van der Waals surface area contributed by atoms with Gasteiger partial charge in [0.25, 0.3) is 0 Å². The number of nitrogens with zero attached hydrogens (tertiary/aromatic N) is 2. The lowest BCUT2D eigenvalue weighted by atomic mass is 9.82. The predicted molar refractivity (Wildman–Crippen MR) is 67.0 cm³/mol. The fourth-order valence-corrected chi connectivity index (χ4v) is 3.11. The summed E-state index contributed by atoms with van der Waals surface area (Å²) in [5, 5.41) is 32.1. The number of nitro benzene ring substituents is 2. The number of phenols is 1. The van der Waals surface area contributed by atoms with Gasteiger partial charge < -0.3 is 9.84 Å². The third-order valence-electron chi connectivity index (χ3n) is 3.98. The van der Waals surface area contributed by atoms with Gasteiger partial charge in [-0.1, -0.05) is 6.42 Å². The van der Waals surface area contributed by atoms with Gasteiger partial charge in [-0.3, -0.25) is 20.2 Å². The van der Waals surface area contributed by atoms with Crippen molar-refractivity contribution < 1.29 is 19.7 Å². The van der Waals surface area contributed by atoms with Crippen LogP contribution < -0.4 is 4.74 Å². The number of benzene rings is 1. The maximum Gasteiger partial charge on any atom is 0.318 e. The molecule has 3 rings (SSSR count). The molecule has 8 nitrogen and oxygen atoms in total. The molecule has 1 aliphatic heterocycles. The van der Waals surface area contributed by atoms with Crippen LogP contribution in [-0.2, 0) is 0 Å². The minimum atomic E-state index is -0.807. The molecule has 1 saturated carbocycles. The van der Waals surface area contributed by atoms with E-state index in [1.807, 2.05) is 0 Å². The van der Waals surface area contributed by atoms with Crippen LogP contribution in [0.25, 0.3) is 0 Å². The molecule has 2 unspecified atom stereocenters. The Balaban J connectivity index is 2.23. The molecule has 1 aliphatic carbocycles. The summed E-state index contributed by atoms with van der Waals surface area (Å²) in [5.41, 5.74) is -0.847. The zero-order chi connectivity index (χ0) is 14.4. The van der Waals surface area contributed by atoms with Crippen LogP contribution in [0.5, 0.6) is 11.5 Å². The highest BCUT2D eigenvalue weighted by atomic mass is 16.6. The molecule has 1 aromatic rings. The van der Waals surface area contributed by atoms with Gasteiger partial charge in [0.15, 0.2) is 0 Å². The van der Waals surface area contributed by atoms with Crippen LogP contribution in [-0.4, -0.2) is 21.1 Å². The summed E-state index contributed by atoms with van der Waals surface area (Å²) in [4.78, 5) is 20.5. The van der Waals surface area contributed by atoms with Crippen molar-refractivity contribution in [3.63, 3.8) is 0 Å². The van der Waals surface area contributed by atoms with Gasteiger partial charge in [-0.15, -0.1) is 0 Å². The Hall–Kier alpha value is -2.38. The van der Waals surface area contributed by atoms with Gasteiger partial charge in [0, 0.05) is 5.92 Å². The van der Waals surface area contributed by atoms with Crippen molar-refractivity contribution in [2.45, 2.75) is 37.7 Å². The molecule has 0 saturated heterocycles. The zero-order valence-electron chi connectivity index (χ0n) is 10.4. The maximum atomic E-state index is 11.1. The fourth-order valence-electron chi connectivity index (χ4n) is 3.11. The van der Waals surface area contributed by atoms with E-state index < -0.39 is 27.0 Å². The molecule has 1 N–H and O–H groups in total. The molecule has 2 atom stereocenters. The first-order chi connectivity index (χ1) is 9.50. The standard InChI is InChI=1S/C12H12N2O6/c15-11-7(13(16)17)5-8(14(18)19)12-10(11)6-3-1-2-4-9(6)20-12/h5-6,9,15H,1-4H2. The minimum Gasteiger partial charge on any atom is -0.502 e. The van der Waals surface area contributed by atoms with Gasteiger partial charge >= 0.3 is 11.4 Å². The molecule has 1 fully saturated rings. The lowest BCUT2D eigenvalue weighted by Gasteiger charge is -2.23. The van der Waals surface area contributed by atoms with Crippen molar-refractivity contribution in [1.29, 1.82) is 0 Å². The van der Waals surface area contributed by atoms with Gasteiger partial charge in [-0.05, 0) is 19.3 Å². The molecular formula is C12H12N2O6. The first-order valence-corrected chi connectivity index (χ1v) is 6.36. The van der Waals surface area contributed by atoms with Crippen molar-refractivity contribution in [3.05, 3.63) is 31.9 Å². The average Bonchev–Trinajstić information content (AvgIpc) is 2.77. The summed E-state index contributed by atoms with van der Waals surface area (Å²) in [6.45, 7) is 0. The number of hydrogen-bond donors (Lipinski definition) is 1. The molecule has 20 heavy (non-hydrogen) atoms. The number of rotatable bonds is 2. The molecule has 0 aromatic heterocycles. The van der Waals surface area contributed by atoms with E-state index in [0.29, 0.717) is 6.42 Å². The minimum absolute atomic E-state index is 0.00463. The topological polar surface area (TPSA) is 116 Å². The fraction of sp³-hybridized carbons (Fsp3) is 0.500. The Bertz CT molecular complexity index is 614. The summed E-state index contributed by atoms with van der Waals surface area (Å²) in [6.07, 6.45) is 3.09. The molecule has 0 spiro atoms. The van der Waals surface area contributed by atoms with Crippen molar-refractivity contribution in [2.24, 2.45) is 0 Å². The molecule has 0 bridgehead atoms. The van der Waals surface area contributed by atoms with Crippen molar-refractivity contribution >= 4 is 11.4 Å². The summed E-state index contributed by atoms with van der Waals surface area (Å²) in [5.74, 6) is -0.697. The van der Waals surface area contributed by atoms with Crippen LogP contribution in [0, 0.1) is 20.2 Å². The molecule has 1 aromatic carbocycles. The Morgan fingerprint density at radius 3 is 2.45 bits per heavy atom. The van der Waals surface area contributed by atoms with Crippen LogP contribution in [0.1, 0.15) is 37.2 Å². The number of hydrogen-bond acceptors (Lipinski definition) is 6. The quantitative estimate of drug-likeness (QED) is 0.657. The Labute approximate surface area is 113 Å². The number of phenolic OH excluding ortho intramolecular Hbond substituents is 1. The Kier molecular flexibility index (Phi) is 2.73. The highest BCUT2D eigenvalue weighted by Crippen LogP contribution is 2.55. The van der Waals surface area contributed by atoms with Crippen molar-refractivity contribution in [2.75, 3.05) is 0 Å². The second kappa shape index (κ2) is 4.32. The van der Waals surface area contributed by atoms with E-state index in [-0.39, 0.29) is 23.3 Å². The third-order valence-corrected chi connectivity index (χ3v) is 3.98. The number of aromatic hydroxyl groups is 1. The third kappa shape index (κ3) is 1.68. The largest absolute Gasteiger partial charge is 0.502 e. The molecular weight excluding hydrogens is 268 g/mol. The van der Waals surface area contributed by atoms with Gasteiger partial charge in [0.2, 0.25) is 11.5 Å². The van der Waals surface area contributed by atoms with E-state index in [1.165, 1.54) is 0 Å². The van der Waals surface area contributed by atoms with E-state index >= 15 is 0 Å². The summed E-state index contributed by atoms with van der Waals surface area (Å²) < 4.78 is 5.59. The van der Waals surface area contributed by atoms with E-state index in [4.69, 9.17) is 4.74 Å². The van der Waals surface area contributed by atoms with Gasteiger partial charge in [-0.25, -0.2) is 0 Å². The maximum absolute atomic E-state index is 11.1. The lowest BCUT2D eigenvalue weighted by molar-refractivity contribution is -0.395. The molecule has 2 aliphatic rings. The van der Waals surface area contributed by atoms with Crippen molar-refractivity contribution in [1.82, 2.24) is 0 Å². The molecule has 1 heterocycles. The van der Waals surface area contributed by atoms with E-state index in [0.717, 1.165) is 25.3 Å². The van der Waals surface area contributed by atoms with Gasteiger partial charge in [-0.2, -0.15) is 0 Å². The van der Waals surface area contributed by atoms with Crippen LogP contribution in [0.2, 0.25) is 0 Å². The number of nitro groups is 2. The summed E-state index contributed by atoms with van der Waals surface area (Å²) >= 11 is 0. The second-order valence-corrected chi connectivity index (χ2v) is 5.07. The van der Waals surface area contributed by atoms with Gasteiger partial charge in [0.1, 0.15) is 12.2 Å². The first kappa shape index (κ1) is 12.6. The van der Waals surface area contributed by atoms with E-state index in [9.17, 15) is 25.3 Å². The van der Waals surface area contributed by atoms with Gasteiger partial charge in [0.05, 0.1) is 15.4 Å². The summed E-state index contributed by atoms with van der Waals surface area (Å²) in [6, 6.07) is 0.769. The van der Waals surface area contributed by atoms with Crippen LogP contribution in [0.15, 0.2) is 6.07 Å². The van der Waals surface area contributed by atoms with Crippen LogP contribution >= 0.6 is 0 Å². The number of fused-ring (bicyclic) bond motifs is 3. The molecule has 0 radical (unpaired) electrons. The van der Waals surface area contributed by atoms with E-state index in [1.54, 1.807) is 0 Å². The van der Waals surface area contributed by atoms with Crippen molar-refractivity contribution in [3.8, 4) is 11.5 Å². The van der Waals surface area contributed by atoms with Crippen LogP contribution in [0.3, 0.4) is 0 Å². The normalized spacial score (nSPS) is 23.6. The zero-order valence-corrected chi connectivity index (χ0v) is 10.4. The SMILES string of the molecule is O=[N+]([O-])c1cc([N+](=O)[O-])c2c(c1O)C1CCCCC1O2. The highest BCUT2D eigenvalue weighted by molar-refractivity contribution is 5.69. The highest BCUT2D eigenvalue weighted by Gasteiger charge is 2.45. The first-order valence-electron chi connectivity index (χ1n) is 6.36. The molecule has 8 heteroatoms. The Morgan fingerprint density at radius 1 is 1.15 bits per heavy atom.